The van der Waals surface area contributed by atoms with Gasteiger partial charge in [-0.1, -0.05) is 45.0 Å². The zero-order chi connectivity index (χ0) is 13.5. The molecule has 1 N–H and O–H groups in total. The van der Waals surface area contributed by atoms with Gasteiger partial charge < -0.3 is 9.84 Å². The van der Waals surface area contributed by atoms with E-state index in [2.05, 4.69) is 45.0 Å². The van der Waals surface area contributed by atoms with E-state index in [1.54, 1.807) is 7.11 Å². The Hall–Kier alpha value is -0.860. The molecular formula is C16H26O2. The maximum atomic E-state index is 10.0. The first-order valence-electron chi connectivity index (χ1n) is 6.78. The summed E-state index contributed by atoms with van der Waals surface area (Å²) < 4.78 is 5.09. The third-order valence-electron chi connectivity index (χ3n) is 3.24. The van der Waals surface area contributed by atoms with Crippen molar-refractivity contribution in [2.45, 2.75) is 45.6 Å². The van der Waals surface area contributed by atoms with Gasteiger partial charge in [0.15, 0.2) is 0 Å². The molecule has 2 atom stereocenters. The second-order valence-corrected chi connectivity index (χ2v) is 5.55. The Morgan fingerprint density at radius 1 is 1.11 bits per heavy atom. The minimum Gasteiger partial charge on any atom is -0.393 e. The van der Waals surface area contributed by atoms with E-state index < -0.39 is 0 Å². The zero-order valence-electron chi connectivity index (χ0n) is 12.0. The van der Waals surface area contributed by atoms with Crippen LogP contribution >= 0.6 is 0 Å². The Bertz CT molecular complexity index is 329. The first-order valence-corrected chi connectivity index (χ1v) is 6.78. The van der Waals surface area contributed by atoms with Crippen molar-refractivity contribution >= 4 is 0 Å². The minimum absolute atomic E-state index is 0.278. The van der Waals surface area contributed by atoms with E-state index in [1.807, 2.05) is 0 Å². The second kappa shape index (κ2) is 7.55. The molecule has 2 nitrogen and oxygen atoms in total. The lowest BCUT2D eigenvalue weighted by Crippen LogP contribution is -2.17. The quantitative estimate of drug-likeness (QED) is 0.804. The van der Waals surface area contributed by atoms with Gasteiger partial charge in [-0.05, 0) is 35.8 Å². The van der Waals surface area contributed by atoms with E-state index in [-0.39, 0.29) is 6.10 Å². The van der Waals surface area contributed by atoms with Crippen LogP contribution in [-0.4, -0.2) is 24.9 Å². The minimum atomic E-state index is -0.278. The molecule has 0 saturated heterocycles. The molecule has 1 aromatic carbocycles. The first-order chi connectivity index (χ1) is 8.52. The molecule has 2 unspecified atom stereocenters. The molecule has 18 heavy (non-hydrogen) atoms. The van der Waals surface area contributed by atoms with E-state index in [1.165, 1.54) is 11.1 Å². The highest BCUT2D eigenvalue weighted by Crippen LogP contribution is 2.17. The van der Waals surface area contributed by atoms with Gasteiger partial charge in [-0.25, -0.2) is 0 Å². The molecular weight excluding hydrogens is 224 g/mol. The van der Waals surface area contributed by atoms with Crippen molar-refractivity contribution < 1.29 is 9.84 Å². The summed E-state index contributed by atoms with van der Waals surface area (Å²) in [5.74, 6) is 0.964. The monoisotopic (exact) mass is 250 g/mol. The maximum Gasteiger partial charge on any atom is 0.0584 e. The molecule has 1 rings (SSSR count). The fourth-order valence-corrected chi connectivity index (χ4v) is 2.21. The summed E-state index contributed by atoms with van der Waals surface area (Å²) >= 11 is 0. The first kappa shape index (κ1) is 15.2. The molecule has 0 spiro atoms. The summed E-state index contributed by atoms with van der Waals surface area (Å²) in [6.45, 7) is 7.20. The maximum absolute atomic E-state index is 10.0. The molecule has 0 aliphatic rings. The van der Waals surface area contributed by atoms with Crippen molar-refractivity contribution in [3.63, 3.8) is 0 Å². The number of aliphatic hydroxyl groups is 1. The molecule has 0 fully saturated rings. The molecule has 0 heterocycles. The average Bonchev–Trinajstić information content (AvgIpc) is 2.29. The second-order valence-electron chi connectivity index (χ2n) is 5.55. The van der Waals surface area contributed by atoms with Crippen molar-refractivity contribution in [1.82, 2.24) is 0 Å². The fraction of sp³-hybridized carbons (Fsp3) is 0.625. The van der Waals surface area contributed by atoms with Crippen LogP contribution in [0.1, 0.15) is 44.2 Å². The van der Waals surface area contributed by atoms with Crippen LogP contribution in [0.15, 0.2) is 24.3 Å². The number of ether oxygens (including phenoxy) is 1. The van der Waals surface area contributed by atoms with Crippen LogP contribution in [0.5, 0.6) is 0 Å². The van der Waals surface area contributed by atoms with Gasteiger partial charge >= 0.3 is 0 Å². The summed E-state index contributed by atoms with van der Waals surface area (Å²) in [6.07, 6.45) is 1.24. The van der Waals surface area contributed by atoms with E-state index in [0.29, 0.717) is 18.4 Å². The van der Waals surface area contributed by atoms with Crippen LogP contribution in [0.3, 0.4) is 0 Å². The molecule has 0 bridgehead atoms. The van der Waals surface area contributed by atoms with E-state index >= 15 is 0 Å². The van der Waals surface area contributed by atoms with Gasteiger partial charge in [0.2, 0.25) is 0 Å². The Kier molecular flexibility index (Phi) is 6.37. The summed E-state index contributed by atoms with van der Waals surface area (Å²) in [7, 11) is 1.70. The zero-order valence-corrected chi connectivity index (χ0v) is 12.0. The van der Waals surface area contributed by atoms with E-state index in [9.17, 15) is 5.11 Å². The third kappa shape index (κ3) is 5.19. The topological polar surface area (TPSA) is 29.5 Å². The molecule has 0 saturated carbocycles. The SMILES string of the molecule is COCC(C)CC(O)Cc1ccc(C(C)C)cc1. The van der Waals surface area contributed by atoms with Crippen molar-refractivity contribution in [2.75, 3.05) is 13.7 Å². The highest BCUT2D eigenvalue weighted by atomic mass is 16.5. The lowest BCUT2D eigenvalue weighted by molar-refractivity contribution is 0.102. The van der Waals surface area contributed by atoms with Crippen LogP contribution in [0.4, 0.5) is 0 Å². The third-order valence-corrected chi connectivity index (χ3v) is 3.24. The standard InChI is InChI=1S/C16H26O2/c1-12(2)15-7-5-14(6-8-15)10-16(17)9-13(3)11-18-4/h5-8,12-13,16-17H,9-11H2,1-4H3. The van der Waals surface area contributed by atoms with Crippen LogP contribution < -0.4 is 0 Å². The summed E-state index contributed by atoms with van der Waals surface area (Å²) in [6, 6.07) is 8.57. The van der Waals surface area contributed by atoms with E-state index in [0.717, 1.165) is 12.8 Å². The van der Waals surface area contributed by atoms with Crippen LogP contribution in [0, 0.1) is 5.92 Å². The van der Waals surface area contributed by atoms with Gasteiger partial charge in [-0.15, -0.1) is 0 Å². The van der Waals surface area contributed by atoms with Crippen molar-refractivity contribution in [3.8, 4) is 0 Å². The molecule has 0 aliphatic carbocycles. The lowest BCUT2D eigenvalue weighted by atomic mass is 9.96. The predicted octanol–water partition coefficient (Wildman–Crippen LogP) is 3.39. The Balaban J connectivity index is 2.46. The number of aliphatic hydroxyl groups excluding tert-OH is 1. The van der Waals surface area contributed by atoms with E-state index in [4.69, 9.17) is 4.74 Å². The van der Waals surface area contributed by atoms with Gasteiger partial charge in [-0.3, -0.25) is 0 Å². The largest absolute Gasteiger partial charge is 0.393 e. The normalized spacial score (nSPS) is 14.8. The Morgan fingerprint density at radius 2 is 1.72 bits per heavy atom. The van der Waals surface area contributed by atoms with Crippen molar-refractivity contribution in [2.24, 2.45) is 5.92 Å². The lowest BCUT2D eigenvalue weighted by Gasteiger charge is -2.16. The molecule has 0 amide bonds. The molecule has 102 valence electrons. The number of rotatable bonds is 7. The molecule has 1 aromatic rings. The number of hydrogen-bond acceptors (Lipinski definition) is 2. The summed E-state index contributed by atoms with van der Waals surface area (Å²) in [4.78, 5) is 0. The smallest absolute Gasteiger partial charge is 0.0584 e. The highest BCUT2D eigenvalue weighted by molar-refractivity contribution is 5.25. The van der Waals surface area contributed by atoms with Crippen LogP contribution in [0.2, 0.25) is 0 Å². The molecule has 2 heteroatoms. The average molecular weight is 250 g/mol. The van der Waals surface area contributed by atoms with Gasteiger partial charge in [0.1, 0.15) is 0 Å². The number of benzene rings is 1. The summed E-state index contributed by atoms with van der Waals surface area (Å²) in [5, 5.41) is 10.0. The van der Waals surface area contributed by atoms with Gasteiger partial charge in [0, 0.05) is 13.7 Å². The number of hydrogen-bond donors (Lipinski definition) is 1. The predicted molar refractivity (Wildman–Crippen MR) is 75.9 cm³/mol. The van der Waals surface area contributed by atoms with Gasteiger partial charge in [0.25, 0.3) is 0 Å². The van der Waals surface area contributed by atoms with Crippen molar-refractivity contribution in [3.05, 3.63) is 35.4 Å². The Labute approximate surface area is 111 Å². The molecule has 0 radical (unpaired) electrons. The van der Waals surface area contributed by atoms with Crippen LogP contribution in [0.25, 0.3) is 0 Å². The Morgan fingerprint density at radius 3 is 2.22 bits per heavy atom. The van der Waals surface area contributed by atoms with Crippen molar-refractivity contribution in [1.29, 1.82) is 0 Å². The fourth-order valence-electron chi connectivity index (χ4n) is 2.21. The summed E-state index contributed by atoms with van der Waals surface area (Å²) in [5.41, 5.74) is 2.55. The molecule has 0 aliphatic heterocycles. The highest BCUT2D eigenvalue weighted by Gasteiger charge is 2.11. The van der Waals surface area contributed by atoms with Gasteiger partial charge in [0.05, 0.1) is 6.10 Å². The molecule has 0 aromatic heterocycles. The van der Waals surface area contributed by atoms with Crippen LogP contribution in [-0.2, 0) is 11.2 Å². The number of methoxy groups -OCH3 is 1. The van der Waals surface area contributed by atoms with Gasteiger partial charge in [-0.2, -0.15) is 0 Å².